The molecule has 3 nitrogen and oxygen atoms in total. The lowest BCUT2D eigenvalue weighted by Gasteiger charge is -2.36. The molecule has 0 aromatic heterocycles. The zero-order valence-corrected chi connectivity index (χ0v) is 16.6. The Morgan fingerprint density at radius 2 is 1.56 bits per heavy atom. The highest BCUT2D eigenvalue weighted by Crippen LogP contribution is 2.34. The zero-order valence-electron chi connectivity index (χ0n) is 14.2. The van der Waals surface area contributed by atoms with Crippen LogP contribution in [0.1, 0.15) is 17.2 Å². The molecule has 0 saturated carbocycles. The standard InChI is InChI=1S/C18H18ClF3N2O.2ClH/c19-16-4-2-1-3-15(16)17(24-11-9-23-10-12-24)13-5-7-14(8-6-13)25-18(20,21)22;;/h1-8,17,23H,9-12H2;2*1H/t17-;;/m0../s1. The molecule has 2 aromatic rings. The van der Waals surface area contributed by atoms with Crippen molar-refractivity contribution in [2.75, 3.05) is 26.2 Å². The first-order chi connectivity index (χ1) is 11.9. The predicted octanol–water partition coefficient (Wildman–Crippen LogP) is 5.08. The summed E-state index contributed by atoms with van der Waals surface area (Å²) in [4.78, 5) is 2.28. The van der Waals surface area contributed by atoms with Crippen molar-refractivity contribution in [2.45, 2.75) is 12.4 Å². The first-order valence-electron chi connectivity index (χ1n) is 7.99. The smallest absolute Gasteiger partial charge is 0.406 e. The van der Waals surface area contributed by atoms with Crippen LogP contribution in [0, 0.1) is 0 Å². The SMILES string of the molecule is Cl.Cl.FC(F)(F)Oc1ccc([C@@H](c2ccccc2Cl)N2CCNCC2)cc1. The van der Waals surface area contributed by atoms with Gasteiger partial charge in [-0.15, -0.1) is 38.0 Å². The molecule has 1 aliphatic heterocycles. The summed E-state index contributed by atoms with van der Waals surface area (Å²) in [6.07, 6.45) is -4.69. The Balaban J connectivity index is 0.00000182. The average molecular weight is 444 g/mol. The van der Waals surface area contributed by atoms with Crippen molar-refractivity contribution in [1.82, 2.24) is 10.2 Å². The number of rotatable bonds is 4. The molecule has 9 heteroatoms. The van der Waals surface area contributed by atoms with Gasteiger partial charge in [-0.25, -0.2) is 0 Å². The third-order valence-corrected chi connectivity index (χ3v) is 4.49. The van der Waals surface area contributed by atoms with Crippen molar-refractivity contribution in [3.8, 4) is 5.75 Å². The van der Waals surface area contributed by atoms with Crippen LogP contribution >= 0.6 is 36.4 Å². The van der Waals surface area contributed by atoms with Crippen LogP contribution in [0.25, 0.3) is 0 Å². The second-order valence-corrected chi connectivity index (χ2v) is 6.23. The molecule has 0 amide bonds. The molecule has 1 heterocycles. The Morgan fingerprint density at radius 1 is 0.963 bits per heavy atom. The van der Waals surface area contributed by atoms with Crippen molar-refractivity contribution >= 4 is 36.4 Å². The summed E-state index contributed by atoms with van der Waals surface area (Å²) < 4.78 is 41.0. The van der Waals surface area contributed by atoms with E-state index in [4.69, 9.17) is 11.6 Å². The summed E-state index contributed by atoms with van der Waals surface area (Å²) in [5.41, 5.74) is 1.82. The third kappa shape index (κ3) is 6.43. The maximum absolute atomic E-state index is 12.4. The molecule has 1 aliphatic rings. The Hall–Kier alpha value is -1.18. The number of nitrogens with one attached hydrogen (secondary N) is 1. The first-order valence-corrected chi connectivity index (χ1v) is 8.37. The lowest BCUT2D eigenvalue weighted by molar-refractivity contribution is -0.274. The molecule has 1 fully saturated rings. The van der Waals surface area contributed by atoms with Gasteiger partial charge in [0.05, 0.1) is 6.04 Å². The van der Waals surface area contributed by atoms with Gasteiger partial charge in [0, 0.05) is 31.2 Å². The van der Waals surface area contributed by atoms with Crippen LogP contribution in [0.2, 0.25) is 5.02 Å². The fourth-order valence-corrected chi connectivity index (χ4v) is 3.32. The number of hydrogen-bond donors (Lipinski definition) is 1. The van der Waals surface area contributed by atoms with E-state index < -0.39 is 6.36 Å². The van der Waals surface area contributed by atoms with E-state index in [0.29, 0.717) is 5.02 Å². The van der Waals surface area contributed by atoms with E-state index in [0.717, 1.165) is 37.3 Å². The molecular weight excluding hydrogens is 424 g/mol. The Labute approximate surface area is 173 Å². The van der Waals surface area contributed by atoms with Crippen molar-refractivity contribution < 1.29 is 17.9 Å². The minimum absolute atomic E-state index is 0. The van der Waals surface area contributed by atoms with Crippen LogP contribution in [0.3, 0.4) is 0 Å². The van der Waals surface area contributed by atoms with Crippen LogP contribution in [0.5, 0.6) is 5.75 Å². The molecule has 0 bridgehead atoms. The van der Waals surface area contributed by atoms with Gasteiger partial charge in [-0.2, -0.15) is 0 Å². The van der Waals surface area contributed by atoms with Gasteiger partial charge < -0.3 is 10.1 Å². The van der Waals surface area contributed by atoms with Gasteiger partial charge in [-0.3, -0.25) is 4.90 Å². The highest BCUT2D eigenvalue weighted by atomic mass is 35.5. The van der Waals surface area contributed by atoms with E-state index in [9.17, 15) is 13.2 Å². The molecule has 0 spiro atoms. The third-order valence-electron chi connectivity index (χ3n) is 4.15. The molecule has 1 N–H and O–H groups in total. The van der Waals surface area contributed by atoms with Gasteiger partial charge in [0.15, 0.2) is 0 Å². The largest absolute Gasteiger partial charge is 0.573 e. The monoisotopic (exact) mass is 442 g/mol. The lowest BCUT2D eigenvalue weighted by atomic mass is 9.96. The van der Waals surface area contributed by atoms with E-state index in [2.05, 4.69) is 15.0 Å². The van der Waals surface area contributed by atoms with Crippen molar-refractivity contribution in [3.63, 3.8) is 0 Å². The predicted molar refractivity (Wildman–Crippen MR) is 105 cm³/mol. The number of benzene rings is 2. The van der Waals surface area contributed by atoms with E-state index in [1.54, 1.807) is 12.1 Å². The van der Waals surface area contributed by atoms with Gasteiger partial charge >= 0.3 is 6.36 Å². The molecular formula is C18H20Cl3F3N2O. The van der Waals surface area contributed by atoms with Gasteiger partial charge in [0.1, 0.15) is 5.75 Å². The Kier molecular flexibility index (Phi) is 9.18. The maximum atomic E-state index is 12.4. The van der Waals surface area contributed by atoms with E-state index in [1.807, 2.05) is 24.3 Å². The number of piperazine rings is 1. The molecule has 0 radical (unpaired) electrons. The quantitative estimate of drug-likeness (QED) is 0.713. The Morgan fingerprint density at radius 3 is 2.11 bits per heavy atom. The minimum Gasteiger partial charge on any atom is -0.406 e. The van der Waals surface area contributed by atoms with Crippen LogP contribution in [0.15, 0.2) is 48.5 Å². The highest BCUT2D eigenvalue weighted by molar-refractivity contribution is 6.31. The fraction of sp³-hybridized carbons (Fsp3) is 0.333. The van der Waals surface area contributed by atoms with Crippen LogP contribution < -0.4 is 10.1 Å². The van der Waals surface area contributed by atoms with E-state index in [-0.39, 0.29) is 36.6 Å². The first kappa shape index (κ1) is 23.9. The number of hydrogen-bond acceptors (Lipinski definition) is 3. The van der Waals surface area contributed by atoms with Gasteiger partial charge in [-0.1, -0.05) is 41.9 Å². The lowest BCUT2D eigenvalue weighted by Crippen LogP contribution is -2.45. The molecule has 27 heavy (non-hydrogen) atoms. The summed E-state index contributed by atoms with van der Waals surface area (Å²) in [7, 11) is 0. The van der Waals surface area contributed by atoms with Gasteiger partial charge in [0.2, 0.25) is 0 Å². The fourth-order valence-electron chi connectivity index (χ4n) is 3.08. The molecule has 1 atom stereocenters. The van der Waals surface area contributed by atoms with E-state index >= 15 is 0 Å². The molecule has 2 aromatic carbocycles. The zero-order chi connectivity index (χ0) is 17.9. The second-order valence-electron chi connectivity index (χ2n) is 5.83. The number of halogens is 6. The molecule has 3 rings (SSSR count). The summed E-state index contributed by atoms with van der Waals surface area (Å²) in [6, 6.07) is 13.5. The van der Waals surface area contributed by atoms with Crippen molar-refractivity contribution in [2.24, 2.45) is 0 Å². The summed E-state index contributed by atoms with van der Waals surface area (Å²) in [5, 5.41) is 3.94. The molecule has 150 valence electrons. The number of ether oxygens (including phenoxy) is 1. The van der Waals surface area contributed by atoms with E-state index in [1.165, 1.54) is 12.1 Å². The van der Waals surface area contributed by atoms with Crippen LogP contribution in [-0.4, -0.2) is 37.4 Å². The highest BCUT2D eigenvalue weighted by Gasteiger charge is 2.31. The molecule has 1 saturated heterocycles. The van der Waals surface area contributed by atoms with Gasteiger partial charge in [-0.05, 0) is 29.3 Å². The molecule has 0 aliphatic carbocycles. The normalized spacial score (nSPS) is 16.0. The maximum Gasteiger partial charge on any atom is 0.573 e. The number of nitrogens with zero attached hydrogens (tertiary/aromatic N) is 1. The van der Waals surface area contributed by atoms with Gasteiger partial charge in [0.25, 0.3) is 0 Å². The topological polar surface area (TPSA) is 24.5 Å². The Bertz CT molecular complexity index is 708. The summed E-state index contributed by atoms with van der Waals surface area (Å²) >= 11 is 6.39. The van der Waals surface area contributed by atoms with Crippen molar-refractivity contribution in [1.29, 1.82) is 0 Å². The summed E-state index contributed by atoms with van der Waals surface area (Å²) in [5.74, 6) is -0.227. The van der Waals surface area contributed by atoms with Crippen LogP contribution in [0.4, 0.5) is 13.2 Å². The van der Waals surface area contributed by atoms with Crippen LogP contribution in [-0.2, 0) is 0 Å². The summed E-state index contributed by atoms with van der Waals surface area (Å²) in [6.45, 7) is 3.37. The molecule has 0 unspecified atom stereocenters. The average Bonchev–Trinajstić information content (AvgIpc) is 2.58. The minimum atomic E-state index is -4.69. The van der Waals surface area contributed by atoms with Crippen molar-refractivity contribution in [3.05, 3.63) is 64.7 Å². The second kappa shape index (κ2) is 10.4. The number of alkyl halides is 3.